The number of urea groups is 1. The fourth-order valence-electron chi connectivity index (χ4n) is 5.42. The molecule has 0 unspecified atom stereocenters. The molecule has 0 bridgehead atoms. The minimum Gasteiger partial charge on any atom is -0.450 e. The third kappa shape index (κ3) is 3.75. The number of benzene rings is 1. The van der Waals surface area contributed by atoms with Gasteiger partial charge in [0.2, 0.25) is 0 Å². The minimum absolute atomic E-state index is 0.0599. The van der Waals surface area contributed by atoms with Gasteiger partial charge in [-0.2, -0.15) is 0 Å². The maximum absolute atomic E-state index is 12.8. The highest BCUT2D eigenvalue weighted by Crippen LogP contribution is 2.47. The summed E-state index contributed by atoms with van der Waals surface area (Å²) >= 11 is 0. The quantitative estimate of drug-likeness (QED) is 0.746. The summed E-state index contributed by atoms with van der Waals surface area (Å²) in [6, 6.07) is 9.02. The van der Waals surface area contributed by atoms with Gasteiger partial charge in [0.1, 0.15) is 0 Å². The summed E-state index contributed by atoms with van der Waals surface area (Å²) in [5.74, 6) is 0. The zero-order valence-corrected chi connectivity index (χ0v) is 18.5. The SMILES string of the molecule is CCOC(=O)N1CCC(N2CCC3(CC2)CN(C(=O)N(C)C)c2ccccc23)CC1. The molecule has 0 radical (unpaired) electrons. The standard InChI is InChI=1S/C23H34N4O3/c1-4-30-22(29)26-13-9-18(10-14-26)25-15-11-23(12-16-25)17-27(21(28)24(2)3)20-8-6-5-7-19(20)23/h5-8,18H,4,9-17H2,1-3H3. The molecule has 7 heteroatoms. The lowest BCUT2D eigenvalue weighted by molar-refractivity contribution is 0.0580. The Bertz CT molecular complexity index is 780. The zero-order chi connectivity index (χ0) is 21.3. The molecule has 164 valence electrons. The first-order chi connectivity index (χ1) is 14.4. The second-order valence-electron chi connectivity index (χ2n) is 9.01. The van der Waals surface area contributed by atoms with Crippen molar-refractivity contribution < 1.29 is 14.3 Å². The summed E-state index contributed by atoms with van der Waals surface area (Å²) in [7, 11) is 3.64. The molecule has 4 rings (SSSR count). The Morgan fingerprint density at radius 3 is 2.40 bits per heavy atom. The van der Waals surface area contributed by atoms with Crippen LogP contribution in [0.15, 0.2) is 24.3 Å². The van der Waals surface area contributed by atoms with Crippen LogP contribution in [0.1, 0.15) is 38.2 Å². The Morgan fingerprint density at radius 1 is 1.10 bits per heavy atom. The fraction of sp³-hybridized carbons (Fsp3) is 0.652. The molecule has 0 aromatic heterocycles. The molecule has 0 N–H and O–H groups in total. The molecule has 0 saturated carbocycles. The molecule has 3 amide bonds. The molecule has 2 fully saturated rings. The van der Waals surface area contributed by atoms with Gasteiger partial charge in [0, 0.05) is 50.9 Å². The van der Waals surface area contributed by atoms with Gasteiger partial charge in [0.15, 0.2) is 0 Å². The summed E-state index contributed by atoms with van der Waals surface area (Å²) in [6.07, 6.45) is 3.97. The average molecular weight is 415 g/mol. The molecule has 3 aliphatic heterocycles. The lowest BCUT2D eigenvalue weighted by Gasteiger charge is -2.45. The van der Waals surface area contributed by atoms with Gasteiger partial charge in [-0.05, 0) is 57.3 Å². The first kappa shape index (κ1) is 21.0. The van der Waals surface area contributed by atoms with E-state index >= 15 is 0 Å². The summed E-state index contributed by atoms with van der Waals surface area (Å²) in [5, 5.41) is 0. The molecule has 30 heavy (non-hydrogen) atoms. The van der Waals surface area contributed by atoms with Crippen LogP contribution >= 0.6 is 0 Å². The van der Waals surface area contributed by atoms with Crippen LogP contribution in [0.2, 0.25) is 0 Å². The maximum atomic E-state index is 12.8. The second kappa shape index (κ2) is 8.46. The van der Waals surface area contributed by atoms with Crippen LogP contribution in [0.4, 0.5) is 15.3 Å². The highest BCUT2D eigenvalue weighted by atomic mass is 16.6. The van der Waals surface area contributed by atoms with E-state index in [0.29, 0.717) is 12.6 Å². The van der Waals surface area contributed by atoms with Gasteiger partial charge in [0.05, 0.1) is 6.61 Å². The van der Waals surface area contributed by atoms with Crippen LogP contribution in [0, 0.1) is 0 Å². The van der Waals surface area contributed by atoms with Crippen molar-refractivity contribution >= 4 is 17.8 Å². The van der Waals surface area contributed by atoms with Crippen LogP contribution < -0.4 is 4.90 Å². The molecular weight excluding hydrogens is 380 g/mol. The van der Waals surface area contributed by atoms with Crippen LogP contribution in [-0.4, -0.2) is 86.3 Å². The van der Waals surface area contributed by atoms with Gasteiger partial charge >= 0.3 is 12.1 Å². The molecule has 1 aromatic rings. The molecule has 0 aliphatic carbocycles. The minimum atomic E-state index is -0.179. The van der Waals surface area contributed by atoms with Crippen molar-refractivity contribution in [2.75, 3.05) is 58.3 Å². The summed E-state index contributed by atoms with van der Waals surface area (Å²) in [6.45, 7) is 6.70. The monoisotopic (exact) mass is 414 g/mol. The van der Waals surface area contributed by atoms with Crippen molar-refractivity contribution in [2.45, 2.75) is 44.1 Å². The average Bonchev–Trinajstić information content (AvgIpc) is 3.08. The molecular formula is C23H34N4O3. The van der Waals surface area contributed by atoms with E-state index < -0.39 is 0 Å². The number of piperidine rings is 2. The molecule has 0 atom stereocenters. The number of carbonyl (C=O) groups is 2. The van der Waals surface area contributed by atoms with Crippen molar-refractivity contribution in [3.8, 4) is 0 Å². The topological polar surface area (TPSA) is 56.3 Å². The largest absolute Gasteiger partial charge is 0.450 e. The molecule has 1 spiro atoms. The zero-order valence-electron chi connectivity index (χ0n) is 18.5. The third-order valence-electron chi connectivity index (χ3n) is 7.10. The van der Waals surface area contributed by atoms with Crippen LogP contribution in [-0.2, 0) is 10.2 Å². The maximum Gasteiger partial charge on any atom is 0.409 e. The number of carbonyl (C=O) groups excluding carboxylic acids is 2. The Morgan fingerprint density at radius 2 is 1.77 bits per heavy atom. The lowest BCUT2D eigenvalue weighted by atomic mass is 9.74. The Kier molecular flexibility index (Phi) is 5.91. The fourth-order valence-corrected chi connectivity index (χ4v) is 5.42. The number of likely N-dealkylation sites (tertiary alicyclic amines) is 2. The molecule has 7 nitrogen and oxygen atoms in total. The van der Waals surface area contributed by atoms with Crippen LogP contribution in [0.3, 0.4) is 0 Å². The highest BCUT2D eigenvalue weighted by molar-refractivity contribution is 5.95. The molecule has 1 aromatic carbocycles. The highest BCUT2D eigenvalue weighted by Gasteiger charge is 2.47. The van der Waals surface area contributed by atoms with E-state index in [9.17, 15) is 9.59 Å². The number of hydrogen-bond acceptors (Lipinski definition) is 4. The van der Waals surface area contributed by atoms with E-state index in [-0.39, 0.29) is 17.5 Å². The van der Waals surface area contributed by atoms with Gasteiger partial charge in [0.25, 0.3) is 0 Å². The summed E-state index contributed by atoms with van der Waals surface area (Å²) in [5.41, 5.74) is 2.47. The van der Waals surface area contributed by atoms with Gasteiger partial charge in [-0.1, -0.05) is 18.2 Å². The Balaban J connectivity index is 1.40. The summed E-state index contributed by atoms with van der Waals surface area (Å²) in [4.78, 5) is 32.8. The van der Waals surface area contributed by atoms with Crippen molar-refractivity contribution in [1.29, 1.82) is 0 Å². The number of nitrogens with zero attached hydrogens (tertiary/aromatic N) is 4. The molecule has 3 heterocycles. The van der Waals surface area contributed by atoms with Crippen LogP contribution in [0.5, 0.6) is 0 Å². The number of hydrogen-bond donors (Lipinski definition) is 0. The van der Waals surface area contributed by atoms with Crippen LogP contribution in [0.25, 0.3) is 0 Å². The van der Waals surface area contributed by atoms with Crippen molar-refractivity contribution in [2.24, 2.45) is 0 Å². The smallest absolute Gasteiger partial charge is 0.409 e. The number of anilines is 1. The number of ether oxygens (including phenoxy) is 1. The van der Waals surface area contributed by atoms with E-state index in [1.807, 2.05) is 36.9 Å². The van der Waals surface area contributed by atoms with Gasteiger partial charge < -0.3 is 19.4 Å². The normalized spacial score (nSPS) is 21.6. The number of amides is 3. The number of rotatable bonds is 2. The summed E-state index contributed by atoms with van der Waals surface area (Å²) < 4.78 is 5.14. The number of para-hydroxylation sites is 1. The van der Waals surface area contributed by atoms with Gasteiger partial charge in [-0.15, -0.1) is 0 Å². The third-order valence-corrected chi connectivity index (χ3v) is 7.10. The second-order valence-corrected chi connectivity index (χ2v) is 9.01. The number of fused-ring (bicyclic) bond motifs is 2. The first-order valence-electron chi connectivity index (χ1n) is 11.2. The van der Waals surface area contributed by atoms with Gasteiger partial charge in [-0.25, -0.2) is 9.59 Å². The molecule has 3 aliphatic rings. The Hall–Kier alpha value is -2.28. The molecule has 2 saturated heterocycles. The predicted octanol–water partition coefficient (Wildman–Crippen LogP) is 3.14. The van der Waals surface area contributed by atoms with E-state index in [1.54, 1.807) is 4.90 Å². The van der Waals surface area contributed by atoms with E-state index in [2.05, 4.69) is 23.1 Å². The van der Waals surface area contributed by atoms with Gasteiger partial charge in [-0.3, -0.25) is 4.90 Å². The predicted molar refractivity (Wildman–Crippen MR) is 117 cm³/mol. The van der Waals surface area contributed by atoms with E-state index in [1.165, 1.54) is 5.56 Å². The lowest BCUT2D eigenvalue weighted by Crippen LogP contribution is -2.52. The van der Waals surface area contributed by atoms with Crippen molar-refractivity contribution in [3.63, 3.8) is 0 Å². The van der Waals surface area contributed by atoms with E-state index in [4.69, 9.17) is 4.74 Å². The first-order valence-corrected chi connectivity index (χ1v) is 11.2. The Labute approximate surface area is 179 Å². The van der Waals surface area contributed by atoms with Crippen molar-refractivity contribution in [3.05, 3.63) is 29.8 Å². The van der Waals surface area contributed by atoms with E-state index in [0.717, 1.165) is 64.1 Å². The van der Waals surface area contributed by atoms with Crippen molar-refractivity contribution in [1.82, 2.24) is 14.7 Å².